The quantitative estimate of drug-likeness (QED) is 0.705. The van der Waals surface area contributed by atoms with Crippen LogP contribution < -0.4 is 0 Å². The highest BCUT2D eigenvalue weighted by Gasteiger charge is 2.18. The van der Waals surface area contributed by atoms with Crippen LogP contribution in [0, 0.1) is 5.92 Å². The molecule has 4 heteroatoms. The Morgan fingerprint density at radius 2 is 2.46 bits per heavy atom. The molecule has 0 unspecified atom stereocenters. The van der Waals surface area contributed by atoms with Gasteiger partial charge in [0.05, 0.1) is 0 Å². The number of aryl methyl sites for hydroxylation is 1. The molecule has 0 amide bonds. The fourth-order valence-electron chi connectivity index (χ4n) is 1.51. The van der Waals surface area contributed by atoms with Crippen LogP contribution in [0.5, 0.6) is 0 Å². The van der Waals surface area contributed by atoms with E-state index in [0.29, 0.717) is 5.92 Å². The molecule has 0 aromatic carbocycles. The van der Waals surface area contributed by atoms with Gasteiger partial charge in [-0.25, -0.2) is 0 Å². The van der Waals surface area contributed by atoms with Gasteiger partial charge in [0.2, 0.25) is 5.89 Å². The van der Waals surface area contributed by atoms with E-state index in [1.807, 2.05) is 6.92 Å². The first-order valence-electron chi connectivity index (χ1n) is 4.77. The maximum atomic E-state index is 5.27. The van der Waals surface area contributed by atoms with E-state index in [1.165, 1.54) is 0 Å². The van der Waals surface area contributed by atoms with Gasteiger partial charge < -0.3 is 9.26 Å². The minimum absolute atomic E-state index is 0.574. The van der Waals surface area contributed by atoms with Gasteiger partial charge in [0, 0.05) is 26.1 Å². The highest BCUT2D eigenvalue weighted by Crippen LogP contribution is 2.17. The third-order valence-electron chi connectivity index (χ3n) is 2.31. The third kappa shape index (κ3) is 2.06. The van der Waals surface area contributed by atoms with Crippen molar-refractivity contribution in [1.82, 2.24) is 10.1 Å². The molecule has 0 spiro atoms. The number of nitrogens with zero attached hydrogens (tertiary/aromatic N) is 2. The minimum atomic E-state index is 0.574. The predicted molar refractivity (Wildman–Crippen MR) is 46.3 cm³/mol. The first-order valence-corrected chi connectivity index (χ1v) is 4.77. The molecule has 1 atom stereocenters. The van der Waals surface area contributed by atoms with Crippen molar-refractivity contribution in [3.05, 3.63) is 11.7 Å². The Balaban J connectivity index is 1.92. The van der Waals surface area contributed by atoms with E-state index in [1.54, 1.807) is 0 Å². The molecule has 72 valence electrons. The van der Waals surface area contributed by atoms with E-state index < -0.39 is 0 Å². The van der Waals surface area contributed by atoms with Crippen LogP contribution in [-0.2, 0) is 17.6 Å². The molecule has 0 radical (unpaired) electrons. The summed E-state index contributed by atoms with van der Waals surface area (Å²) in [6.45, 7) is 3.73. The fourth-order valence-corrected chi connectivity index (χ4v) is 1.51. The monoisotopic (exact) mass is 182 g/mol. The Morgan fingerprint density at radius 1 is 1.54 bits per heavy atom. The number of hydrogen-bond donors (Lipinski definition) is 0. The van der Waals surface area contributed by atoms with E-state index in [4.69, 9.17) is 9.26 Å². The molecule has 0 saturated carbocycles. The summed E-state index contributed by atoms with van der Waals surface area (Å²) in [7, 11) is 0. The molecule has 1 aromatic heterocycles. The summed E-state index contributed by atoms with van der Waals surface area (Å²) >= 11 is 0. The van der Waals surface area contributed by atoms with Crippen molar-refractivity contribution < 1.29 is 9.26 Å². The SMILES string of the molecule is CCc1noc(C[C@H]2CCOC2)n1. The van der Waals surface area contributed by atoms with Gasteiger partial charge in [-0.05, 0) is 12.3 Å². The number of hydrogen-bond acceptors (Lipinski definition) is 4. The van der Waals surface area contributed by atoms with Gasteiger partial charge in [0.1, 0.15) is 0 Å². The molecule has 1 saturated heterocycles. The zero-order chi connectivity index (χ0) is 9.10. The standard InChI is InChI=1S/C9H14N2O2/c1-2-8-10-9(13-11-8)5-7-3-4-12-6-7/h7H,2-6H2,1H3/t7-/m1/s1. The smallest absolute Gasteiger partial charge is 0.227 e. The molecule has 1 fully saturated rings. The highest BCUT2D eigenvalue weighted by atomic mass is 16.5. The minimum Gasteiger partial charge on any atom is -0.381 e. The largest absolute Gasteiger partial charge is 0.381 e. The molecule has 13 heavy (non-hydrogen) atoms. The molecular weight excluding hydrogens is 168 g/mol. The number of aromatic nitrogens is 2. The van der Waals surface area contributed by atoms with Gasteiger partial charge in [-0.1, -0.05) is 12.1 Å². The Bertz CT molecular complexity index is 266. The van der Waals surface area contributed by atoms with E-state index >= 15 is 0 Å². The second kappa shape index (κ2) is 3.87. The average molecular weight is 182 g/mol. The summed E-state index contributed by atoms with van der Waals surface area (Å²) in [5.41, 5.74) is 0. The zero-order valence-corrected chi connectivity index (χ0v) is 7.82. The van der Waals surface area contributed by atoms with Crippen molar-refractivity contribution in [2.24, 2.45) is 5.92 Å². The number of ether oxygens (including phenoxy) is 1. The zero-order valence-electron chi connectivity index (χ0n) is 7.82. The normalized spacial score (nSPS) is 22.4. The molecular formula is C9H14N2O2. The van der Waals surface area contributed by atoms with Gasteiger partial charge in [-0.15, -0.1) is 0 Å². The van der Waals surface area contributed by atoms with Crippen LogP contribution in [0.2, 0.25) is 0 Å². The van der Waals surface area contributed by atoms with Gasteiger partial charge >= 0.3 is 0 Å². The van der Waals surface area contributed by atoms with Crippen LogP contribution in [-0.4, -0.2) is 23.4 Å². The topological polar surface area (TPSA) is 48.2 Å². The van der Waals surface area contributed by atoms with Crippen LogP contribution >= 0.6 is 0 Å². The first kappa shape index (κ1) is 8.69. The van der Waals surface area contributed by atoms with Crippen molar-refractivity contribution in [1.29, 1.82) is 0 Å². The lowest BCUT2D eigenvalue weighted by molar-refractivity contribution is 0.183. The van der Waals surface area contributed by atoms with E-state index in [-0.39, 0.29) is 0 Å². The molecule has 1 aromatic rings. The molecule has 0 bridgehead atoms. The molecule has 0 N–H and O–H groups in total. The van der Waals surface area contributed by atoms with Crippen LogP contribution in [0.25, 0.3) is 0 Å². The number of rotatable bonds is 3. The summed E-state index contributed by atoms with van der Waals surface area (Å²) < 4.78 is 10.4. The molecule has 1 aliphatic rings. The van der Waals surface area contributed by atoms with Crippen molar-refractivity contribution in [3.8, 4) is 0 Å². The maximum absolute atomic E-state index is 5.27. The summed E-state index contributed by atoms with van der Waals surface area (Å²) in [4.78, 5) is 4.26. The second-order valence-corrected chi connectivity index (χ2v) is 3.39. The van der Waals surface area contributed by atoms with E-state index in [0.717, 1.165) is 44.2 Å². The molecule has 4 nitrogen and oxygen atoms in total. The lowest BCUT2D eigenvalue weighted by Gasteiger charge is -2.00. The Kier molecular flexibility index (Phi) is 2.59. The summed E-state index contributed by atoms with van der Waals surface area (Å²) in [6.07, 6.45) is 2.82. The molecule has 2 heterocycles. The fraction of sp³-hybridized carbons (Fsp3) is 0.778. The Labute approximate surface area is 77.3 Å². The van der Waals surface area contributed by atoms with Crippen molar-refractivity contribution in [2.75, 3.05) is 13.2 Å². The summed E-state index contributed by atoms with van der Waals surface area (Å²) in [5.74, 6) is 2.13. The van der Waals surface area contributed by atoms with E-state index in [9.17, 15) is 0 Å². The maximum Gasteiger partial charge on any atom is 0.227 e. The van der Waals surface area contributed by atoms with Crippen LogP contribution in [0.15, 0.2) is 4.52 Å². The van der Waals surface area contributed by atoms with Gasteiger partial charge in [-0.3, -0.25) is 0 Å². The lowest BCUT2D eigenvalue weighted by Crippen LogP contribution is -2.03. The first-order chi connectivity index (χ1) is 6.38. The molecule has 1 aliphatic heterocycles. The highest BCUT2D eigenvalue weighted by molar-refractivity contribution is 4.88. The van der Waals surface area contributed by atoms with E-state index in [2.05, 4.69) is 10.1 Å². The van der Waals surface area contributed by atoms with Gasteiger partial charge in [0.25, 0.3) is 0 Å². The molecule has 0 aliphatic carbocycles. The van der Waals surface area contributed by atoms with Crippen LogP contribution in [0.3, 0.4) is 0 Å². The summed E-state index contributed by atoms with van der Waals surface area (Å²) in [6, 6.07) is 0. The second-order valence-electron chi connectivity index (χ2n) is 3.39. The summed E-state index contributed by atoms with van der Waals surface area (Å²) in [5, 5.41) is 3.85. The molecule has 2 rings (SSSR count). The lowest BCUT2D eigenvalue weighted by atomic mass is 10.1. The average Bonchev–Trinajstić information content (AvgIpc) is 2.76. The third-order valence-corrected chi connectivity index (χ3v) is 2.31. The van der Waals surface area contributed by atoms with Crippen LogP contribution in [0.1, 0.15) is 25.1 Å². The van der Waals surface area contributed by atoms with Crippen molar-refractivity contribution in [3.63, 3.8) is 0 Å². The van der Waals surface area contributed by atoms with Gasteiger partial charge in [0.15, 0.2) is 5.82 Å². The van der Waals surface area contributed by atoms with Crippen LogP contribution in [0.4, 0.5) is 0 Å². The Hall–Kier alpha value is -0.900. The predicted octanol–water partition coefficient (Wildman–Crippen LogP) is 1.21. The van der Waals surface area contributed by atoms with Crippen molar-refractivity contribution >= 4 is 0 Å². The Morgan fingerprint density at radius 3 is 3.08 bits per heavy atom. The van der Waals surface area contributed by atoms with Crippen molar-refractivity contribution in [2.45, 2.75) is 26.2 Å². The van der Waals surface area contributed by atoms with Gasteiger partial charge in [-0.2, -0.15) is 4.98 Å².